The minimum absolute atomic E-state index is 0.160. The van der Waals surface area contributed by atoms with Crippen molar-refractivity contribution >= 4 is 22.8 Å². The van der Waals surface area contributed by atoms with E-state index in [-0.39, 0.29) is 17.6 Å². The fourth-order valence-corrected chi connectivity index (χ4v) is 4.36. The molecule has 2 atom stereocenters. The molecule has 0 saturated heterocycles. The lowest BCUT2D eigenvalue weighted by Gasteiger charge is -2.40. The van der Waals surface area contributed by atoms with Crippen LogP contribution < -0.4 is 10.6 Å². The van der Waals surface area contributed by atoms with Gasteiger partial charge in [0.2, 0.25) is 5.95 Å². The van der Waals surface area contributed by atoms with Crippen LogP contribution >= 0.6 is 0 Å². The number of aryl methyl sites for hydroxylation is 1. The summed E-state index contributed by atoms with van der Waals surface area (Å²) in [6, 6.07) is 10.4. The van der Waals surface area contributed by atoms with Gasteiger partial charge in [-0.25, -0.2) is 9.97 Å². The van der Waals surface area contributed by atoms with Crippen LogP contribution in [0.2, 0.25) is 0 Å². The van der Waals surface area contributed by atoms with Gasteiger partial charge in [-0.1, -0.05) is 26.0 Å². The number of para-hydroxylation sites is 2. The highest BCUT2D eigenvalue weighted by atomic mass is 16.3. The van der Waals surface area contributed by atoms with Crippen LogP contribution in [0.4, 0.5) is 11.8 Å². The summed E-state index contributed by atoms with van der Waals surface area (Å²) in [6.45, 7) is 7.52. The molecule has 0 bridgehead atoms. The second-order valence-electron chi connectivity index (χ2n) is 8.92. The molecule has 2 heterocycles. The topological polar surface area (TPSA) is 112 Å². The molecule has 0 aliphatic heterocycles. The Morgan fingerprint density at radius 1 is 1.26 bits per heavy atom. The number of anilines is 2. The van der Waals surface area contributed by atoms with E-state index in [1.807, 2.05) is 25.1 Å². The number of aromatic nitrogens is 4. The van der Waals surface area contributed by atoms with Crippen LogP contribution in [0.5, 0.6) is 0 Å². The number of nitriles is 1. The van der Waals surface area contributed by atoms with Crippen molar-refractivity contribution in [2.75, 3.05) is 17.2 Å². The summed E-state index contributed by atoms with van der Waals surface area (Å²) in [7, 11) is 0. The third kappa shape index (κ3) is 4.47. The highest BCUT2D eigenvalue weighted by Gasteiger charge is 2.35. The van der Waals surface area contributed by atoms with Crippen LogP contribution in [0.25, 0.3) is 11.0 Å². The molecule has 1 aliphatic rings. The Morgan fingerprint density at radius 3 is 2.84 bits per heavy atom. The average Bonchev–Trinajstić information content (AvgIpc) is 3.06. The molecule has 1 saturated carbocycles. The zero-order valence-electron chi connectivity index (χ0n) is 18.3. The first-order chi connectivity index (χ1) is 14.9. The van der Waals surface area contributed by atoms with Crippen LogP contribution in [0.3, 0.4) is 0 Å². The SMILES string of the molecule is Cc1nc2ccccc2n1CCNc1ncc(C#N)c(N[C@@H]2CC[C@H](O)C(C)(C)C2)n1. The van der Waals surface area contributed by atoms with E-state index in [0.29, 0.717) is 23.9 Å². The van der Waals surface area contributed by atoms with Crippen LogP contribution in [0.15, 0.2) is 30.5 Å². The summed E-state index contributed by atoms with van der Waals surface area (Å²) in [5, 5.41) is 26.4. The molecule has 0 spiro atoms. The highest BCUT2D eigenvalue weighted by Crippen LogP contribution is 2.36. The molecule has 1 aromatic carbocycles. The predicted molar refractivity (Wildman–Crippen MR) is 121 cm³/mol. The molecule has 8 nitrogen and oxygen atoms in total. The first-order valence-electron chi connectivity index (χ1n) is 10.7. The summed E-state index contributed by atoms with van der Waals surface area (Å²) in [5.41, 5.74) is 2.35. The molecule has 0 unspecified atom stereocenters. The van der Waals surface area contributed by atoms with Crippen molar-refractivity contribution in [3.63, 3.8) is 0 Å². The van der Waals surface area contributed by atoms with E-state index in [0.717, 1.165) is 42.7 Å². The fraction of sp³-hybridized carbons (Fsp3) is 0.478. The average molecular weight is 420 g/mol. The lowest BCUT2D eigenvalue weighted by molar-refractivity contribution is 0.00926. The minimum Gasteiger partial charge on any atom is -0.393 e. The van der Waals surface area contributed by atoms with E-state index in [9.17, 15) is 10.4 Å². The maximum Gasteiger partial charge on any atom is 0.224 e. The van der Waals surface area contributed by atoms with Gasteiger partial charge >= 0.3 is 0 Å². The molecule has 162 valence electrons. The molecular formula is C23H29N7O. The summed E-state index contributed by atoms with van der Waals surface area (Å²) < 4.78 is 2.17. The lowest BCUT2D eigenvalue weighted by atomic mass is 9.73. The molecule has 0 radical (unpaired) electrons. The predicted octanol–water partition coefficient (Wildman–Crippen LogP) is 3.47. The molecule has 4 rings (SSSR count). The van der Waals surface area contributed by atoms with E-state index < -0.39 is 0 Å². The number of nitrogens with one attached hydrogen (secondary N) is 2. The molecule has 0 amide bonds. The van der Waals surface area contributed by atoms with Gasteiger partial charge in [-0.2, -0.15) is 10.2 Å². The van der Waals surface area contributed by atoms with E-state index in [4.69, 9.17) is 0 Å². The normalized spacial score (nSPS) is 20.4. The Morgan fingerprint density at radius 2 is 2.06 bits per heavy atom. The standard InChI is InChI=1S/C23H29N7O/c1-15-27-18-6-4-5-7-19(18)30(15)11-10-25-22-26-14-16(13-24)21(29-22)28-17-8-9-20(31)23(2,3)12-17/h4-7,14,17,20,31H,8-12H2,1-3H3,(H2,25,26,28,29)/t17-,20+/m1/s1. The van der Waals surface area contributed by atoms with Crippen molar-refractivity contribution in [3.8, 4) is 6.07 Å². The second-order valence-corrected chi connectivity index (χ2v) is 8.92. The quantitative estimate of drug-likeness (QED) is 0.561. The zero-order chi connectivity index (χ0) is 22.0. The van der Waals surface area contributed by atoms with Crippen LogP contribution in [0.1, 0.15) is 44.5 Å². The molecule has 2 aromatic heterocycles. The van der Waals surface area contributed by atoms with Crippen molar-refractivity contribution in [1.29, 1.82) is 5.26 Å². The molecule has 1 fully saturated rings. The van der Waals surface area contributed by atoms with Gasteiger partial charge in [0.25, 0.3) is 0 Å². The second kappa shape index (κ2) is 8.52. The fourth-order valence-electron chi connectivity index (χ4n) is 4.36. The third-order valence-electron chi connectivity index (χ3n) is 6.18. The molecule has 1 aliphatic carbocycles. The number of imidazole rings is 1. The summed E-state index contributed by atoms with van der Waals surface area (Å²) in [4.78, 5) is 13.5. The van der Waals surface area contributed by atoms with Crippen molar-refractivity contribution in [1.82, 2.24) is 19.5 Å². The van der Waals surface area contributed by atoms with Crippen LogP contribution in [0, 0.1) is 23.7 Å². The minimum atomic E-state index is -0.300. The van der Waals surface area contributed by atoms with Crippen molar-refractivity contribution < 1.29 is 5.11 Å². The van der Waals surface area contributed by atoms with E-state index in [1.165, 1.54) is 0 Å². The molecule has 3 N–H and O–H groups in total. The summed E-state index contributed by atoms with van der Waals surface area (Å²) >= 11 is 0. The van der Waals surface area contributed by atoms with Gasteiger partial charge in [0.1, 0.15) is 23.3 Å². The van der Waals surface area contributed by atoms with Gasteiger partial charge < -0.3 is 20.3 Å². The van der Waals surface area contributed by atoms with Crippen LogP contribution in [-0.4, -0.2) is 43.3 Å². The van der Waals surface area contributed by atoms with Gasteiger partial charge in [-0.3, -0.25) is 0 Å². The zero-order valence-corrected chi connectivity index (χ0v) is 18.3. The lowest BCUT2D eigenvalue weighted by Crippen LogP contribution is -2.41. The van der Waals surface area contributed by atoms with Crippen molar-refractivity contribution in [2.24, 2.45) is 5.41 Å². The molecular weight excluding hydrogens is 390 g/mol. The summed E-state index contributed by atoms with van der Waals surface area (Å²) in [6.07, 6.45) is 3.65. The Bertz CT molecular complexity index is 1110. The number of fused-ring (bicyclic) bond motifs is 1. The Labute approximate surface area is 182 Å². The monoisotopic (exact) mass is 419 g/mol. The number of aliphatic hydroxyl groups excluding tert-OH is 1. The van der Waals surface area contributed by atoms with Gasteiger partial charge in [0.15, 0.2) is 0 Å². The Balaban J connectivity index is 1.44. The van der Waals surface area contributed by atoms with Gasteiger partial charge in [0.05, 0.1) is 23.3 Å². The van der Waals surface area contributed by atoms with Gasteiger partial charge in [-0.05, 0) is 43.7 Å². The highest BCUT2D eigenvalue weighted by molar-refractivity contribution is 5.75. The number of benzene rings is 1. The number of rotatable bonds is 6. The largest absolute Gasteiger partial charge is 0.393 e. The summed E-state index contributed by atoms with van der Waals surface area (Å²) in [5.74, 6) is 1.99. The van der Waals surface area contributed by atoms with Gasteiger partial charge in [-0.15, -0.1) is 0 Å². The first kappa shape index (κ1) is 21.1. The molecule has 8 heteroatoms. The van der Waals surface area contributed by atoms with Crippen molar-refractivity contribution in [2.45, 2.75) is 58.7 Å². The van der Waals surface area contributed by atoms with E-state index in [1.54, 1.807) is 6.20 Å². The molecule has 3 aromatic rings. The van der Waals surface area contributed by atoms with Crippen molar-refractivity contribution in [3.05, 3.63) is 41.9 Å². The number of nitrogens with zero attached hydrogens (tertiary/aromatic N) is 5. The number of hydrogen-bond donors (Lipinski definition) is 3. The van der Waals surface area contributed by atoms with E-state index >= 15 is 0 Å². The van der Waals surface area contributed by atoms with Crippen LogP contribution in [-0.2, 0) is 6.54 Å². The smallest absolute Gasteiger partial charge is 0.224 e. The maximum atomic E-state index is 10.2. The third-order valence-corrected chi connectivity index (χ3v) is 6.18. The first-order valence-corrected chi connectivity index (χ1v) is 10.7. The number of hydrogen-bond acceptors (Lipinski definition) is 7. The van der Waals surface area contributed by atoms with E-state index in [2.05, 4.69) is 56.1 Å². The Hall–Kier alpha value is -3.18. The van der Waals surface area contributed by atoms with Gasteiger partial charge in [0, 0.05) is 19.1 Å². The maximum absolute atomic E-state index is 10.2. The number of aliphatic hydroxyl groups is 1. The Kier molecular flexibility index (Phi) is 5.79. The molecule has 31 heavy (non-hydrogen) atoms.